The van der Waals surface area contributed by atoms with Gasteiger partial charge < -0.3 is 9.47 Å². The van der Waals surface area contributed by atoms with Crippen LogP contribution in [0.1, 0.15) is 46.5 Å². The van der Waals surface area contributed by atoms with Crippen molar-refractivity contribution in [1.29, 1.82) is 0 Å². The fourth-order valence-electron chi connectivity index (χ4n) is 2.57. The number of hydrogen-bond donors (Lipinski definition) is 0. The predicted octanol–water partition coefficient (Wildman–Crippen LogP) is 2.32. The third-order valence-corrected chi connectivity index (χ3v) is 3.53. The first-order valence-electron chi connectivity index (χ1n) is 6.30. The highest BCUT2D eigenvalue weighted by Gasteiger charge is 2.45. The van der Waals surface area contributed by atoms with Crippen LogP contribution in [0.3, 0.4) is 0 Å². The van der Waals surface area contributed by atoms with Gasteiger partial charge in [-0.25, -0.2) is 4.99 Å². The van der Waals surface area contributed by atoms with Crippen LogP contribution in [0.25, 0.3) is 0 Å². The van der Waals surface area contributed by atoms with Crippen LogP contribution in [-0.4, -0.2) is 30.6 Å². The van der Waals surface area contributed by atoms with Crippen molar-refractivity contribution in [3.8, 4) is 0 Å². The van der Waals surface area contributed by atoms with Crippen molar-refractivity contribution in [1.82, 2.24) is 0 Å². The Morgan fingerprint density at radius 1 is 1.41 bits per heavy atom. The highest BCUT2D eigenvalue weighted by molar-refractivity contribution is 5.85. The Morgan fingerprint density at radius 2 is 2.06 bits per heavy atom. The van der Waals surface area contributed by atoms with Gasteiger partial charge in [0.05, 0.1) is 11.0 Å². The molecule has 1 saturated carbocycles. The van der Waals surface area contributed by atoms with Crippen molar-refractivity contribution >= 4 is 11.9 Å². The molecule has 0 N–H and O–H groups in total. The fraction of sp³-hybridized carbons (Fsp3) is 0.846. The van der Waals surface area contributed by atoms with Crippen LogP contribution in [0, 0.1) is 5.41 Å². The van der Waals surface area contributed by atoms with Crippen LogP contribution in [0.4, 0.5) is 0 Å². The second kappa shape index (κ2) is 4.31. The van der Waals surface area contributed by atoms with Crippen LogP contribution < -0.4 is 0 Å². The standard InChI is InChI=1S/C13H21NO3/c1-10(15)16-9-13(6-4-5-7-13)11-14-12(2,3)8-17-11/h4-9H2,1-3H3. The van der Waals surface area contributed by atoms with E-state index >= 15 is 0 Å². The van der Waals surface area contributed by atoms with Crippen molar-refractivity contribution < 1.29 is 14.3 Å². The average molecular weight is 239 g/mol. The summed E-state index contributed by atoms with van der Waals surface area (Å²) in [6, 6.07) is 0. The van der Waals surface area contributed by atoms with Crippen LogP contribution in [0.2, 0.25) is 0 Å². The fourth-order valence-corrected chi connectivity index (χ4v) is 2.57. The molecule has 0 aromatic carbocycles. The number of carbonyl (C=O) groups excluding carboxylic acids is 1. The van der Waals surface area contributed by atoms with Crippen molar-refractivity contribution in [3.63, 3.8) is 0 Å². The lowest BCUT2D eigenvalue weighted by atomic mass is 9.87. The van der Waals surface area contributed by atoms with Gasteiger partial charge in [-0.2, -0.15) is 0 Å². The Hall–Kier alpha value is -1.06. The van der Waals surface area contributed by atoms with Crippen molar-refractivity contribution in [2.24, 2.45) is 10.4 Å². The van der Waals surface area contributed by atoms with E-state index in [1.54, 1.807) is 0 Å². The van der Waals surface area contributed by atoms with Gasteiger partial charge in [0.2, 0.25) is 0 Å². The van der Waals surface area contributed by atoms with Crippen molar-refractivity contribution in [2.45, 2.75) is 52.0 Å². The Balaban J connectivity index is 2.14. The zero-order chi connectivity index (χ0) is 12.5. The van der Waals surface area contributed by atoms with E-state index in [-0.39, 0.29) is 16.9 Å². The van der Waals surface area contributed by atoms with Crippen LogP contribution in [-0.2, 0) is 14.3 Å². The molecule has 0 aromatic heterocycles. The minimum atomic E-state index is -0.228. The molecule has 4 heteroatoms. The average Bonchev–Trinajstić information content (AvgIpc) is 2.82. The second-order valence-electron chi connectivity index (χ2n) is 5.79. The molecule has 0 aromatic rings. The third kappa shape index (κ3) is 2.61. The van der Waals surface area contributed by atoms with E-state index in [4.69, 9.17) is 9.47 Å². The van der Waals surface area contributed by atoms with E-state index in [9.17, 15) is 4.79 Å². The summed E-state index contributed by atoms with van der Waals surface area (Å²) < 4.78 is 11.0. The minimum Gasteiger partial charge on any atom is -0.478 e. The number of hydrogen-bond acceptors (Lipinski definition) is 4. The summed E-state index contributed by atoms with van der Waals surface area (Å²) in [6.45, 7) is 6.62. The van der Waals surface area contributed by atoms with Crippen LogP contribution in [0.5, 0.6) is 0 Å². The van der Waals surface area contributed by atoms with Gasteiger partial charge >= 0.3 is 5.97 Å². The number of rotatable bonds is 3. The summed E-state index contributed by atoms with van der Waals surface area (Å²) in [4.78, 5) is 15.6. The molecule has 0 radical (unpaired) electrons. The number of aliphatic imine (C=N–C) groups is 1. The lowest BCUT2D eigenvalue weighted by Gasteiger charge is -2.27. The van der Waals surface area contributed by atoms with E-state index in [1.165, 1.54) is 6.92 Å². The lowest BCUT2D eigenvalue weighted by molar-refractivity contribution is -0.143. The number of carbonyl (C=O) groups is 1. The molecule has 0 spiro atoms. The first kappa shape index (κ1) is 12.4. The molecule has 1 aliphatic heterocycles. The highest BCUT2D eigenvalue weighted by Crippen LogP contribution is 2.42. The van der Waals surface area contributed by atoms with Gasteiger partial charge in [-0.1, -0.05) is 12.8 Å². The number of nitrogens with zero attached hydrogens (tertiary/aromatic N) is 1. The summed E-state index contributed by atoms with van der Waals surface area (Å²) in [7, 11) is 0. The second-order valence-corrected chi connectivity index (χ2v) is 5.79. The predicted molar refractivity (Wildman–Crippen MR) is 65.0 cm³/mol. The van der Waals surface area contributed by atoms with Crippen molar-refractivity contribution in [3.05, 3.63) is 0 Å². The van der Waals surface area contributed by atoms with E-state index in [0.29, 0.717) is 13.2 Å². The summed E-state index contributed by atoms with van der Waals surface area (Å²) in [5.41, 5.74) is -0.291. The molecule has 17 heavy (non-hydrogen) atoms. The van der Waals surface area contributed by atoms with Gasteiger partial charge in [-0.05, 0) is 26.7 Å². The monoisotopic (exact) mass is 239 g/mol. The molecule has 0 amide bonds. The Morgan fingerprint density at radius 3 is 2.53 bits per heavy atom. The lowest BCUT2D eigenvalue weighted by Crippen LogP contribution is -2.34. The molecule has 2 aliphatic rings. The van der Waals surface area contributed by atoms with E-state index < -0.39 is 0 Å². The Kier molecular flexibility index (Phi) is 3.15. The Bertz CT molecular complexity index is 341. The SMILES string of the molecule is CC(=O)OCC1(C2=NC(C)(C)CO2)CCCC1. The molecule has 2 rings (SSSR count). The molecule has 1 heterocycles. The van der Waals surface area contributed by atoms with Gasteiger partial charge in [-0.3, -0.25) is 4.79 Å². The van der Waals surface area contributed by atoms with Crippen LogP contribution >= 0.6 is 0 Å². The van der Waals surface area contributed by atoms with Gasteiger partial charge in [0.1, 0.15) is 13.2 Å². The first-order valence-corrected chi connectivity index (χ1v) is 6.30. The van der Waals surface area contributed by atoms with Gasteiger partial charge in [0.25, 0.3) is 0 Å². The molecule has 0 atom stereocenters. The third-order valence-electron chi connectivity index (χ3n) is 3.53. The Labute approximate surface area is 102 Å². The highest BCUT2D eigenvalue weighted by atomic mass is 16.5. The smallest absolute Gasteiger partial charge is 0.302 e. The molecule has 4 nitrogen and oxygen atoms in total. The maximum Gasteiger partial charge on any atom is 0.302 e. The molecule has 0 saturated heterocycles. The molecule has 0 bridgehead atoms. The number of esters is 1. The molecule has 1 aliphatic carbocycles. The maximum absolute atomic E-state index is 11.0. The van der Waals surface area contributed by atoms with Crippen LogP contribution in [0.15, 0.2) is 4.99 Å². The summed E-state index contributed by atoms with van der Waals surface area (Å²) >= 11 is 0. The largest absolute Gasteiger partial charge is 0.478 e. The molecular weight excluding hydrogens is 218 g/mol. The maximum atomic E-state index is 11.0. The normalized spacial score (nSPS) is 25.2. The first-order chi connectivity index (χ1) is 7.94. The summed E-state index contributed by atoms with van der Waals surface area (Å²) in [5, 5.41) is 0. The summed E-state index contributed by atoms with van der Waals surface area (Å²) in [5.74, 6) is 0.579. The zero-order valence-corrected chi connectivity index (χ0v) is 10.9. The van der Waals surface area contributed by atoms with E-state index in [1.807, 2.05) is 0 Å². The molecule has 1 fully saturated rings. The molecule has 96 valence electrons. The molecular formula is C13H21NO3. The van der Waals surface area contributed by atoms with E-state index in [2.05, 4.69) is 18.8 Å². The summed E-state index contributed by atoms with van der Waals surface area (Å²) in [6.07, 6.45) is 4.33. The minimum absolute atomic E-state index is 0.138. The van der Waals surface area contributed by atoms with Gasteiger partial charge in [0.15, 0.2) is 5.90 Å². The van der Waals surface area contributed by atoms with Gasteiger partial charge in [-0.15, -0.1) is 0 Å². The van der Waals surface area contributed by atoms with E-state index in [0.717, 1.165) is 31.6 Å². The topological polar surface area (TPSA) is 47.9 Å². The van der Waals surface area contributed by atoms with Crippen molar-refractivity contribution in [2.75, 3.05) is 13.2 Å². The number of ether oxygens (including phenoxy) is 2. The molecule has 0 unspecified atom stereocenters. The van der Waals surface area contributed by atoms with Gasteiger partial charge in [0, 0.05) is 6.92 Å². The quantitative estimate of drug-likeness (QED) is 0.710. The zero-order valence-electron chi connectivity index (χ0n) is 10.9.